The molecule has 2 aromatic carbocycles. The summed E-state index contributed by atoms with van der Waals surface area (Å²) in [7, 11) is 0. The van der Waals surface area contributed by atoms with Crippen molar-refractivity contribution in [2.45, 2.75) is 19.3 Å². The molecule has 0 aliphatic carbocycles. The van der Waals surface area contributed by atoms with Gasteiger partial charge in [0.1, 0.15) is 0 Å². The molecule has 1 aliphatic rings. The highest BCUT2D eigenvalue weighted by atomic mass is 16.2. The van der Waals surface area contributed by atoms with Crippen LogP contribution in [-0.4, -0.2) is 34.7 Å². The van der Waals surface area contributed by atoms with E-state index in [-0.39, 0.29) is 11.7 Å². The van der Waals surface area contributed by atoms with Gasteiger partial charge in [0.2, 0.25) is 0 Å². The lowest BCUT2D eigenvalue weighted by Gasteiger charge is -2.26. The Morgan fingerprint density at radius 2 is 1.54 bits per heavy atom. The minimum atomic E-state index is -0.105. The summed E-state index contributed by atoms with van der Waals surface area (Å²) >= 11 is 0. The van der Waals surface area contributed by atoms with Crippen molar-refractivity contribution < 1.29 is 9.59 Å². The Kier molecular flexibility index (Phi) is 5.29. The van der Waals surface area contributed by atoms with Crippen LogP contribution in [0.15, 0.2) is 66.7 Å². The van der Waals surface area contributed by atoms with Gasteiger partial charge < -0.3 is 4.90 Å². The van der Waals surface area contributed by atoms with Crippen LogP contribution in [0.4, 0.5) is 0 Å². The van der Waals surface area contributed by atoms with Crippen LogP contribution in [0.5, 0.6) is 0 Å². The Bertz CT molecular complexity index is 1030. The smallest absolute Gasteiger partial charge is 0.253 e. The van der Waals surface area contributed by atoms with E-state index in [1.165, 1.54) is 12.5 Å². The second kappa shape index (κ2) is 8.17. The first-order valence-electron chi connectivity index (χ1n) is 9.68. The summed E-state index contributed by atoms with van der Waals surface area (Å²) in [5, 5.41) is 1.07. The summed E-state index contributed by atoms with van der Waals surface area (Å²) in [6, 6.07) is 18.7. The van der Waals surface area contributed by atoms with Crippen LogP contribution < -0.4 is 0 Å². The van der Waals surface area contributed by atoms with E-state index < -0.39 is 0 Å². The van der Waals surface area contributed by atoms with Crippen LogP contribution in [-0.2, 0) is 0 Å². The van der Waals surface area contributed by atoms with E-state index in [0.29, 0.717) is 11.1 Å². The number of likely N-dealkylation sites (tertiary alicyclic amines) is 1. The van der Waals surface area contributed by atoms with E-state index in [1.54, 1.807) is 30.3 Å². The van der Waals surface area contributed by atoms with Gasteiger partial charge in [-0.25, -0.2) is 4.98 Å². The number of amides is 1. The fourth-order valence-electron chi connectivity index (χ4n) is 3.49. The molecule has 1 saturated heterocycles. The van der Waals surface area contributed by atoms with Crippen LogP contribution in [0.25, 0.3) is 17.0 Å². The molecule has 0 saturated carbocycles. The molecular formula is C24H22N2O2. The van der Waals surface area contributed by atoms with Gasteiger partial charge in [-0.1, -0.05) is 36.4 Å². The average Bonchev–Trinajstić information content (AvgIpc) is 2.77. The van der Waals surface area contributed by atoms with Crippen LogP contribution in [0.1, 0.15) is 45.7 Å². The number of benzene rings is 2. The van der Waals surface area contributed by atoms with E-state index >= 15 is 0 Å². The number of allylic oxidation sites excluding steroid dienone is 1. The molecule has 0 radical (unpaired) electrons. The first-order chi connectivity index (χ1) is 13.7. The number of ketones is 1. The van der Waals surface area contributed by atoms with Crippen molar-refractivity contribution in [2.75, 3.05) is 13.1 Å². The quantitative estimate of drug-likeness (QED) is 0.492. The lowest BCUT2D eigenvalue weighted by atomic mass is 10.1. The molecule has 1 fully saturated rings. The molecule has 0 bridgehead atoms. The normalized spacial score (nSPS) is 14.5. The second-order valence-electron chi connectivity index (χ2n) is 7.06. The second-order valence-corrected chi connectivity index (χ2v) is 7.06. The Hall–Kier alpha value is -3.27. The molecule has 1 aliphatic heterocycles. The summed E-state index contributed by atoms with van der Waals surface area (Å²) in [5.41, 5.74) is 2.84. The number of fused-ring (bicyclic) bond motifs is 1. The van der Waals surface area contributed by atoms with E-state index in [0.717, 1.165) is 42.5 Å². The van der Waals surface area contributed by atoms with E-state index in [9.17, 15) is 9.59 Å². The third-order valence-corrected chi connectivity index (χ3v) is 5.09. The van der Waals surface area contributed by atoms with Gasteiger partial charge in [-0.05, 0) is 55.7 Å². The summed E-state index contributed by atoms with van der Waals surface area (Å²) in [6.45, 7) is 1.64. The number of rotatable bonds is 4. The molecule has 3 aromatic rings. The third kappa shape index (κ3) is 4.01. The lowest BCUT2D eigenvalue weighted by Crippen LogP contribution is -2.35. The fourth-order valence-corrected chi connectivity index (χ4v) is 3.49. The van der Waals surface area contributed by atoms with Gasteiger partial charge in [0.25, 0.3) is 5.91 Å². The zero-order chi connectivity index (χ0) is 19.3. The summed E-state index contributed by atoms with van der Waals surface area (Å²) < 4.78 is 0. The monoisotopic (exact) mass is 370 g/mol. The molecule has 1 amide bonds. The number of carbonyl (C=O) groups is 2. The summed E-state index contributed by atoms with van der Waals surface area (Å²) in [6.07, 6.45) is 6.57. The maximum absolute atomic E-state index is 12.5. The zero-order valence-corrected chi connectivity index (χ0v) is 15.7. The van der Waals surface area contributed by atoms with Crippen LogP contribution in [0.2, 0.25) is 0 Å². The molecule has 0 spiro atoms. The van der Waals surface area contributed by atoms with Gasteiger partial charge in [-0.3, -0.25) is 9.59 Å². The van der Waals surface area contributed by atoms with Gasteiger partial charge in [-0.15, -0.1) is 0 Å². The average molecular weight is 370 g/mol. The molecule has 140 valence electrons. The Labute approximate surface area is 164 Å². The van der Waals surface area contributed by atoms with Crippen molar-refractivity contribution >= 4 is 28.7 Å². The number of para-hydroxylation sites is 1. The Morgan fingerprint density at radius 3 is 2.32 bits per heavy atom. The highest BCUT2D eigenvalue weighted by Crippen LogP contribution is 2.15. The highest BCUT2D eigenvalue weighted by molar-refractivity contribution is 6.07. The van der Waals surface area contributed by atoms with Gasteiger partial charge in [0.15, 0.2) is 5.78 Å². The minimum Gasteiger partial charge on any atom is -0.339 e. The van der Waals surface area contributed by atoms with Crippen molar-refractivity contribution in [2.24, 2.45) is 0 Å². The molecule has 4 heteroatoms. The zero-order valence-electron chi connectivity index (χ0n) is 15.7. The largest absolute Gasteiger partial charge is 0.339 e. The molecule has 0 N–H and O–H groups in total. The molecule has 4 rings (SSSR count). The molecule has 0 unspecified atom stereocenters. The van der Waals surface area contributed by atoms with Gasteiger partial charge in [0.05, 0.1) is 11.2 Å². The van der Waals surface area contributed by atoms with E-state index in [2.05, 4.69) is 4.98 Å². The van der Waals surface area contributed by atoms with Crippen LogP contribution >= 0.6 is 0 Å². The molecule has 1 aromatic heterocycles. The van der Waals surface area contributed by atoms with Crippen molar-refractivity contribution in [3.63, 3.8) is 0 Å². The van der Waals surface area contributed by atoms with Crippen molar-refractivity contribution in [1.82, 2.24) is 9.88 Å². The first-order valence-corrected chi connectivity index (χ1v) is 9.68. The maximum atomic E-state index is 12.5. The number of nitrogens with zero attached hydrogens (tertiary/aromatic N) is 2. The van der Waals surface area contributed by atoms with E-state index in [1.807, 2.05) is 41.3 Å². The maximum Gasteiger partial charge on any atom is 0.253 e. The standard InChI is InChI=1S/C24H22N2O2/c27-23(15-14-21-13-12-18-6-2-3-7-22(18)25-21)19-8-10-20(11-9-19)24(28)26-16-4-1-5-17-26/h2-3,6-15H,1,4-5,16-17H2/b15-14+. The highest BCUT2D eigenvalue weighted by Gasteiger charge is 2.18. The van der Waals surface area contributed by atoms with Crippen LogP contribution in [0.3, 0.4) is 0 Å². The summed E-state index contributed by atoms with van der Waals surface area (Å²) in [4.78, 5) is 31.4. The van der Waals surface area contributed by atoms with Gasteiger partial charge in [-0.2, -0.15) is 0 Å². The number of aromatic nitrogens is 1. The summed E-state index contributed by atoms with van der Waals surface area (Å²) in [5.74, 6) is -0.0541. The Balaban J connectivity index is 1.45. The third-order valence-electron chi connectivity index (χ3n) is 5.09. The Morgan fingerprint density at radius 1 is 0.821 bits per heavy atom. The lowest BCUT2D eigenvalue weighted by molar-refractivity contribution is 0.0724. The number of piperidine rings is 1. The number of pyridine rings is 1. The number of hydrogen-bond acceptors (Lipinski definition) is 3. The molecule has 2 heterocycles. The fraction of sp³-hybridized carbons (Fsp3) is 0.208. The molecule has 28 heavy (non-hydrogen) atoms. The topological polar surface area (TPSA) is 50.3 Å². The SMILES string of the molecule is O=C(/C=C/c1ccc2ccccc2n1)c1ccc(C(=O)N2CCCCC2)cc1. The van der Waals surface area contributed by atoms with Crippen molar-refractivity contribution in [3.05, 3.63) is 83.6 Å². The van der Waals surface area contributed by atoms with Crippen molar-refractivity contribution in [3.8, 4) is 0 Å². The van der Waals surface area contributed by atoms with Crippen molar-refractivity contribution in [1.29, 1.82) is 0 Å². The molecule has 0 atom stereocenters. The van der Waals surface area contributed by atoms with Crippen LogP contribution in [0, 0.1) is 0 Å². The first kappa shape index (κ1) is 18.1. The van der Waals surface area contributed by atoms with Gasteiger partial charge in [0, 0.05) is 29.6 Å². The minimum absolute atomic E-state index is 0.0506. The predicted molar refractivity (Wildman–Crippen MR) is 111 cm³/mol. The predicted octanol–water partition coefficient (Wildman–Crippen LogP) is 4.76. The molecular weight excluding hydrogens is 348 g/mol. The molecule has 4 nitrogen and oxygen atoms in total. The van der Waals surface area contributed by atoms with Gasteiger partial charge >= 0.3 is 0 Å². The number of carbonyl (C=O) groups excluding carboxylic acids is 2. The number of hydrogen-bond donors (Lipinski definition) is 0. The van der Waals surface area contributed by atoms with E-state index in [4.69, 9.17) is 0 Å².